The molecule has 0 radical (unpaired) electrons. The molecule has 8 atom stereocenters. The Kier molecular flexibility index (Phi) is 22.7. The highest BCUT2D eigenvalue weighted by atomic mass is 32.2. The number of hydrogen-bond donors (Lipinski definition) is 6. The molecule has 71 heavy (non-hydrogen) atoms. The van der Waals surface area contributed by atoms with E-state index in [4.69, 9.17) is 23.7 Å². The average molecular weight is 1040 g/mol. The largest absolute Gasteiger partial charge is 0.381 e. The maximum atomic E-state index is 13.5. The van der Waals surface area contributed by atoms with Gasteiger partial charge in [0, 0.05) is 64.0 Å². The van der Waals surface area contributed by atoms with Gasteiger partial charge < -0.3 is 45.0 Å². The quantitative estimate of drug-likeness (QED) is 0.0382. The van der Waals surface area contributed by atoms with E-state index in [1.165, 1.54) is 36.4 Å². The zero-order chi connectivity index (χ0) is 50.8. The second-order valence-electron chi connectivity index (χ2n) is 19.0. The highest BCUT2D eigenvalue weighted by Crippen LogP contribution is 2.41. The maximum absolute atomic E-state index is 13.5. The summed E-state index contributed by atoms with van der Waals surface area (Å²) >= 11 is 1.65. The van der Waals surface area contributed by atoms with E-state index in [0.717, 1.165) is 16.9 Å². The minimum absolute atomic E-state index is 0.0441. The number of imide groups is 2. The fourth-order valence-electron chi connectivity index (χ4n) is 10.1. The third kappa shape index (κ3) is 17.4. The molecule has 6 rings (SSSR count). The smallest absolute Gasteiger partial charge is 0.249 e. The Bertz CT molecular complexity index is 1960. The first-order valence-corrected chi connectivity index (χ1v) is 28.2. The predicted molar refractivity (Wildman–Crippen MR) is 256 cm³/mol. The lowest BCUT2D eigenvalue weighted by atomic mass is 9.79. The van der Waals surface area contributed by atoms with Crippen molar-refractivity contribution >= 4 is 69.0 Å². The van der Waals surface area contributed by atoms with Gasteiger partial charge in [0.15, 0.2) is 0 Å². The topological polar surface area (TPSA) is 296 Å². The van der Waals surface area contributed by atoms with Crippen molar-refractivity contribution in [2.24, 2.45) is 23.7 Å². The molecule has 23 nitrogen and oxygen atoms in total. The number of sulfonamides is 1. The Morgan fingerprint density at radius 3 is 2.17 bits per heavy atom. The van der Waals surface area contributed by atoms with Gasteiger partial charge in [-0.3, -0.25) is 53.9 Å². The van der Waals surface area contributed by atoms with Crippen molar-refractivity contribution in [2.75, 3.05) is 97.6 Å². The summed E-state index contributed by atoms with van der Waals surface area (Å²) in [4.78, 5) is 103. The highest BCUT2D eigenvalue weighted by molar-refractivity contribution is 8.00. The Hall–Kier alpha value is -3.82. The van der Waals surface area contributed by atoms with Gasteiger partial charge in [-0.25, -0.2) is 12.7 Å². The van der Waals surface area contributed by atoms with Crippen LogP contribution in [0.5, 0.6) is 0 Å². The number of carbonyl (C=O) groups excluding carboxylic acids is 8. The third-order valence-electron chi connectivity index (χ3n) is 13.9. The molecule has 4 saturated heterocycles. The fourth-order valence-corrected chi connectivity index (χ4v) is 12.2. The molecule has 8 amide bonds. The SMILES string of the molecule is CS(=O)(=O)N1CCC(C(=O)N[C@@H](CCOCCCC(=O)NCCOCCOCCOCCNC(=O)COC2CCCC3C(=O)N(C4CCC(=O)NC4=O)C(=O)C23)C(=O)NC2NC(C3CCCCC3)CS2)C1. The number of ether oxygens (including phenoxy) is 5. The number of nitrogens with one attached hydrogen (secondary N) is 6. The van der Waals surface area contributed by atoms with Gasteiger partial charge in [0.25, 0.3) is 0 Å². The lowest BCUT2D eigenvalue weighted by molar-refractivity contribution is -0.152. The first-order valence-electron chi connectivity index (χ1n) is 25.3. The molecule has 25 heteroatoms. The van der Waals surface area contributed by atoms with Crippen molar-refractivity contribution in [1.29, 1.82) is 0 Å². The summed E-state index contributed by atoms with van der Waals surface area (Å²) < 4.78 is 53.5. The normalized spacial score (nSPS) is 26.8. The van der Waals surface area contributed by atoms with Crippen molar-refractivity contribution in [3.8, 4) is 0 Å². The summed E-state index contributed by atoms with van der Waals surface area (Å²) in [6.07, 6.45) is 9.58. The van der Waals surface area contributed by atoms with Crippen molar-refractivity contribution in [1.82, 2.24) is 41.1 Å². The van der Waals surface area contributed by atoms with E-state index in [2.05, 4.69) is 31.9 Å². The number of piperidine rings is 1. The van der Waals surface area contributed by atoms with Crippen molar-refractivity contribution in [3.05, 3.63) is 0 Å². The summed E-state index contributed by atoms with van der Waals surface area (Å²) in [7, 11) is -3.43. The van der Waals surface area contributed by atoms with Crippen LogP contribution in [0.25, 0.3) is 0 Å². The zero-order valence-electron chi connectivity index (χ0n) is 40.8. The van der Waals surface area contributed by atoms with Crippen LogP contribution in [0, 0.1) is 23.7 Å². The van der Waals surface area contributed by atoms with Crippen molar-refractivity contribution in [3.63, 3.8) is 0 Å². The predicted octanol–water partition coefficient (Wildman–Crippen LogP) is -1.12. The Morgan fingerprint density at radius 2 is 1.48 bits per heavy atom. The van der Waals surface area contributed by atoms with Crippen molar-refractivity contribution in [2.45, 2.75) is 120 Å². The lowest BCUT2D eigenvalue weighted by Crippen LogP contribution is -2.54. The van der Waals surface area contributed by atoms with Crippen LogP contribution in [-0.4, -0.2) is 192 Å². The first kappa shape index (κ1) is 56.5. The summed E-state index contributed by atoms with van der Waals surface area (Å²) in [5.74, 6) is -3.73. The minimum Gasteiger partial charge on any atom is -0.381 e. The number of thioether (sulfide) groups is 1. The molecule has 0 bridgehead atoms. The Balaban J connectivity index is 0.744. The van der Waals surface area contributed by atoms with Crippen LogP contribution in [0.15, 0.2) is 0 Å². The number of likely N-dealkylation sites (tertiary alicyclic amines) is 1. The molecule has 4 heterocycles. The van der Waals surface area contributed by atoms with E-state index >= 15 is 0 Å². The molecule has 6 aliphatic rings. The highest BCUT2D eigenvalue weighted by Gasteiger charge is 2.56. The van der Waals surface area contributed by atoms with Gasteiger partial charge in [-0.05, 0) is 57.3 Å². The summed E-state index contributed by atoms with van der Waals surface area (Å²) in [5.41, 5.74) is -0.269. The van der Waals surface area contributed by atoms with E-state index < -0.39 is 75.5 Å². The number of hydrogen-bond acceptors (Lipinski definition) is 17. The van der Waals surface area contributed by atoms with Crippen LogP contribution in [0.4, 0.5) is 0 Å². The van der Waals surface area contributed by atoms with Crippen LogP contribution < -0.4 is 31.9 Å². The average Bonchev–Trinajstić information content (AvgIpc) is 4.10. The van der Waals surface area contributed by atoms with Crippen LogP contribution in [0.2, 0.25) is 0 Å². The van der Waals surface area contributed by atoms with Gasteiger partial charge >= 0.3 is 0 Å². The number of carbonyl (C=O) groups is 8. The molecular formula is C46H74N8O15S2. The third-order valence-corrected chi connectivity index (χ3v) is 16.3. The second kappa shape index (κ2) is 28.6. The number of nitrogens with zero attached hydrogens (tertiary/aromatic N) is 2. The Labute approximate surface area is 420 Å². The molecule has 400 valence electrons. The summed E-state index contributed by atoms with van der Waals surface area (Å²) in [5, 5.41) is 17.2. The van der Waals surface area contributed by atoms with Crippen LogP contribution in [0.3, 0.4) is 0 Å². The van der Waals surface area contributed by atoms with Crippen LogP contribution in [0.1, 0.15) is 89.9 Å². The molecule has 6 fully saturated rings. The van der Waals surface area contributed by atoms with Crippen LogP contribution in [-0.2, 0) is 72.1 Å². The molecule has 6 N–H and O–H groups in total. The molecule has 0 aromatic heterocycles. The summed E-state index contributed by atoms with van der Waals surface area (Å²) in [6.45, 7) is 2.76. The molecule has 0 spiro atoms. The maximum Gasteiger partial charge on any atom is 0.249 e. The fraction of sp³-hybridized carbons (Fsp3) is 0.826. The van der Waals surface area contributed by atoms with E-state index in [1.807, 2.05) is 0 Å². The van der Waals surface area contributed by atoms with E-state index in [9.17, 15) is 46.8 Å². The van der Waals surface area contributed by atoms with E-state index in [-0.39, 0.29) is 102 Å². The molecule has 2 saturated carbocycles. The number of amides is 8. The standard InChI is InChI=1S/C46H74N8O15S2/c1-71(63,64)53-18-14-31(27-53)41(58)49-33(42(59)52-46-50-34(29-70-46)30-7-3-2-4-8-30)15-20-65-19-6-11-37(55)47-16-21-66-23-25-68-26-24-67-22-17-48-39(57)28-69-36-10-5-9-32-40(36)45(62)54(44(32)61)35-12-13-38(56)51-43(35)60/h30-36,40,46,50H,2-29H2,1H3,(H,47,55)(H,48,57)(H,49,58)(H,52,59)(H,51,56,60)/t31?,32?,33-,34?,35?,36?,40?,46?/m0/s1. The molecular weight excluding hydrogens is 969 g/mol. The van der Waals surface area contributed by atoms with Gasteiger partial charge in [-0.2, -0.15) is 0 Å². The number of rotatable bonds is 29. The lowest BCUT2D eigenvalue weighted by Gasteiger charge is -2.30. The van der Waals surface area contributed by atoms with Gasteiger partial charge in [0.2, 0.25) is 57.3 Å². The van der Waals surface area contributed by atoms with Gasteiger partial charge in [0.1, 0.15) is 24.2 Å². The number of fused-ring (bicyclic) bond motifs is 1. The Morgan fingerprint density at radius 1 is 0.789 bits per heavy atom. The second-order valence-corrected chi connectivity index (χ2v) is 22.1. The molecule has 2 aliphatic carbocycles. The zero-order valence-corrected chi connectivity index (χ0v) is 42.5. The van der Waals surface area contributed by atoms with Crippen LogP contribution >= 0.6 is 11.8 Å². The van der Waals surface area contributed by atoms with E-state index in [1.54, 1.807) is 11.8 Å². The monoisotopic (exact) mass is 1040 g/mol. The van der Waals surface area contributed by atoms with E-state index in [0.29, 0.717) is 77.0 Å². The molecule has 4 aliphatic heterocycles. The molecule has 0 aromatic rings. The van der Waals surface area contributed by atoms with Gasteiger partial charge in [-0.15, -0.1) is 11.8 Å². The molecule has 0 aromatic carbocycles. The van der Waals surface area contributed by atoms with Crippen molar-refractivity contribution < 1.29 is 70.5 Å². The first-order chi connectivity index (χ1) is 34.2. The van der Waals surface area contributed by atoms with Gasteiger partial charge in [0.05, 0.1) is 69.8 Å². The molecule has 7 unspecified atom stereocenters. The van der Waals surface area contributed by atoms with Gasteiger partial charge in [-0.1, -0.05) is 25.7 Å². The minimum atomic E-state index is -3.43. The summed E-state index contributed by atoms with van der Waals surface area (Å²) in [6, 6.07) is -1.56.